The molecule has 1 aromatic carbocycles. The fraction of sp³-hybridized carbons (Fsp3) is 0.467. The highest BCUT2D eigenvalue weighted by Crippen LogP contribution is 2.24. The fourth-order valence-corrected chi connectivity index (χ4v) is 2.47. The Bertz CT molecular complexity index is 506. The number of hydrogen-bond donors (Lipinski definition) is 1. The number of carbonyl (C=O) groups is 1. The van der Waals surface area contributed by atoms with Crippen molar-refractivity contribution in [2.24, 2.45) is 0 Å². The third-order valence-corrected chi connectivity index (χ3v) is 3.84. The van der Waals surface area contributed by atoms with E-state index in [9.17, 15) is 4.79 Å². The molecule has 2 atom stereocenters. The van der Waals surface area contributed by atoms with Gasteiger partial charge in [-0.15, -0.1) is 0 Å². The van der Waals surface area contributed by atoms with Gasteiger partial charge < -0.3 is 5.32 Å². The average Bonchev–Trinajstić information content (AvgIpc) is 2.56. The molecule has 1 aliphatic rings. The van der Waals surface area contributed by atoms with Gasteiger partial charge in [0.05, 0.1) is 18.5 Å². The highest BCUT2D eigenvalue weighted by molar-refractivity contribution is 5.96. The molecule has 0 bridgehead atoms. The monoisotopic (exact) mass is 257 g/mol. The van der Waals surface area contributed by atoms with Crippen LogP contribution in [-0.2, 0) is 11.2 Å². The van der Waals surface area contributed by atoms with Gasteiger partial charge in [-0.05, 0) is 38.4 Å². The van der Waals surface area contributed by atoms with E-state index in [-0.39, 0.29) is 18.0 Å². The Hall–Kier alpha value is -1.86. The van der Waals surface area contributed by atoms with Gasteiger partial charge >= 0.3 is 0 Å². The molecule has 1 N–H and O–H groups in total. The predicted octanol–water partition coefficient (Wildman–Crippen LogP) is 2.17. The number of nitriles is 1. The summed E-state index contributed by atoms with van der Waals surface area (Å²) >= 11 is 0. The second-order valence-corrected chi connectivity index (χ2v) is 5.08. The lowest BCUT2D eigenvalue weighted by atomic mass is 10.0. The van der Waals surface area contributed by atoms with Crippen molar-refractivity contribution in [2.75, 3.05) is 12.4 Å². The molecule has 1 aromatic rings. The fourth-order valence-electron chi connectivity index (χ4n) is 2.47. The lowest BCUT2D eigenvalue weighted by molar-refractivity contribution is -0.121. The molecular weight excluding hydrogens is 238 g/mol. The van der Waals surface area contributed by atoms with Crippen LogP contribution in [0.3, 0.4) is 0 Å². The number of nitrogens with one attached hydrogen (secondary N) is 1. The minimum Gasteiger partial charge on any atom is -0.324 e. The minimum absolute atomic E-state index is 0.0252. The van der Waals surface area contributed by atoms with Gasteiger partial charge in [0.1, 0.15) is 0 Å². The SMILES string of the molecule is CC(CC#N)N(C)C1CCc2ccccc2NC1=O. The van der Waals surface area contributed by atoms with Crippen LogP contribution in [0.2, 0.25) is 0 Å². The van der Waals surface area contributed by atoms with Gasteiger partial charge in [0.2, 0.25) is 5.91 Å². The van der Waals surface area contributed by atoms with E-state index in [0.717, 1.165) is 18.5 Å². The molecular formula is C15H19N3O. The van der Waals surface area contributed by atoms with Crippen LogP contribution in [0.15, 0.2) is 24.3 Å². The first kappa shape index (κ1) is 13.6. The Morgan fingerprint density at radius 3 is 3.00 bits per heavy atom. The Labute approximate surface area is 114 Å². The van der Waals surface area contributed by atoms with E-state index in [0.29, 0.717) is 6.42 Å². The molecule has 4 nitrogen and oxygen atoms in total. The van der Waals surface area contributed by atoms with Gasteiger partial charge in [-0.25, -0.2) is 0 Å². The number of nitrogens with zero attached hydrogens (tertiary/aromatic N) is 2. The number of benzene rings is 1. The van der Waals surface area contributed by atoms with E-state index in [4.69, 9.17) is 5.26 Å². The maximum absolute atomic E-state index is 12.3. The van der Waals surface area contributed by atoms with Gasteiger partial charge in [-0.3, -0.25) is 9.69 Å². The largest absolute Gasteiger partial charge is 0.324 e. The smallest absolute Gasteiger partial charge is 0.241 e. The van der Waals surface area contributed by atoms with E-state index >= 15 is 0 Å². The van der Waals surface area contributed by atoms with Crippen molar-refractivity contribution in [1.29, 1.82) is 5.26 Å². The molecule has 0 fully saturated rings. The Morgan fingerprint density at radius 1 is 1.53 bits per heavy atom. The quantitative estimate of drug-likeness (QED) is 0.903. The number of likely N-dealkylation sites (N-methyl/N-ethyl adjacent to an activating group) is 1. The van der Waals surface area contributed by atoms with E-state index < -0.39 is 0 Å². The summed E-state index contributed by atoms with van der Waals surface area (Å²) in [6.45, 7) is 1.98. The molecule has 0 saturated heterocycles. The summed E-state index contributed by atoms with van der Waals surface area (Å²) < 4.78 is 0. The zero-order valence-electron chi connectivity index (χ0n) is 11.4. The van der Waals surface area contributed by atoms with Crippen LogP contribution < -0.4 is 5.32 Å². The molecule has 1 aliphatic heterocycles. The van der Waals surface area contributed by atoms with Crippen LogP contribution in [0.5, 0.6) is 0 Å². The lowest BCUT2D eigenvalue weighted by Gasteiger charge is -2.30. The maximum atomic E-state index is 12.3. The molecule has 4 heteroatoms. The van der Waals surface area contributed by atoms with Crippen LogP contribution in [0.4, 0.5) is 5.69 Å². The van der Waals surface area contributed by atoms with Gasteiger partial charge in [-0.2, -0.15) is 5.26 Å². The summed E-state index contributed by atoms with van der Waals surface area (Å²) in [7, 11) is 1.92. The summed E-state index contributed by atoms with van der Waals surface area (Å²) in [5, 5.41) is 11.8. The van der Waals surface area contributed by atoms with E-state index in [2.05, 4.69) is 17.5 Å². The van der Waals surface area contributed by atoms with Gasteiger partial charge in [0.25, 0.3) is 0 Å². The van der Waals surface area contributed by atoms with Crippen LogP contribution in [0.1, 0.15) is 25.3 Å². The average molecular weight is 257 g/mol. The molecule has 0 aromatic heterocycles. The molecule has 0 saturated carbocycles. The summed E-state index contributed by atoms with van der Waals surface area (Å²) in [5.74, 6) is 0.0252. The molecule has 2 rings (SSSR count). The third-order valence-electron chi connectivity index (χ3n) is 3.84. The van der Waals surface area contributed by atoms with Crippen molar-refractivity contribution in [1.82, 2.24) is 4.90 Å². The van der Waals surface area contributed by atoms with Gasteiger partial charge in [0, 0.05) is 11.7 Å². The molecule has 1 heterocycles. The number of fused-ring (bicyclic) bond motifs is 1. The predicted molar refractivity (Wildman–Crippen MR) is 74.6 cm³/mol. The van der Waals surface area contributed by atoms with Crippen molar-refractivity contribution in [2.45, 2.75) is 38.3 Å². The van der Waals surface area contributed by atoms with Gasteiger partial charge in [0.15, 0.2) is 0 Å². The van der Waals surface area contributed by atoms with Crippen molar-refractivity contribution in [3.63, 3.8) is 0 Å². The standard InChI is InChI=1S/C15H19N3O/c1-11(9-10-16)18(2)14-8-7-12-5-3-4-6-13(12)17-15(14)19/h3-6,11,14H,7-9H2,1-2H3,(H,17,19). The zero-order valence-corrected chi connectivity index (χ0v) is 11.4. The Morgan fingerprint density at radius 2 is 2.26 bits per heavy atom. The van der Waals surface area contributed by atoms with Crippen LogP contribution in [-0.4, -0.2) is 29.9 Å². The van der Waals surface area contributed by atoms with Crippen molar-refractivity contribution < 1.29 is 4.79 Å². The van der Waals surface area contributed by atoms with E-state index in [1.807, 2.05) is 37.1 Å². The highest BCUT2D eigenvalue weighted by atomic mass is 16.2. The number of carbonyl (C=O) groups excluding carboxylic acids is 1. The number of amides is 1. The third kappa shape index (κ3) is 2.94. The molecule has 0 spiro atoms. The Balaban J connectivity index is 2.14. The summed E-state index contributed by atoms with van der Waals surface area (Å²) in [5.41, 5.74) is 2.09. The minimum atomic E-state index is -0.171. The number of hydrogen-bond acceptors (Lipinski definition) is 3. The highest BCUT2D eigenvalue weighted by Gasteiger charge is 2.29. The molecule has 2 unspecified atom stereocenters. The van der Waals surface area contributed by atoms with Crippen LogP contribution >= 0.6 is 0 Å². The van der Waals surface area contributed by atoms with Crippen molar-refractivity contribution in [3.05, 3.63) is 29.8 Å². The first-order valence-corrected chi connectivity index (χ1v) is 6.61. The zero-order chi connectivity index (χ0) is 13.8. The van der Waals surface area contributed by atoms with E-state index in [1.165, 1.54) is 5.56 Å². The van der Waals surface area contributed by atoms with E-state index in [1.54, 1.807) is 0 Å². The number of para-hydroxylation sites is 1. The first-order chi connectivity index (χ1) is 9.13. The molecule has 0 radical (unpaired) electrons. The summed E-state index contributed by atoms with van der Waals surface area (Å²) in [6.07, 6.45) is 2.10. The number of anilines is 1. The molecule has 1 amide bonds. The van der Waals surface area contributed by atoms with Crippen molar-refractivity contribution in [3.8, 4) is 6.07 Å². The molecule has 19 heavy (non-hydrogen) atoms. The first-order valence-electron chi connectivity index (χ1n) is 6.61. The summed E-state index contributed by atoms with van der Waals surface area (Å²) in [6, 6.07) is 9.99. The maximum Gasteiger partial charge on any atom is 0.241 e. The number of rotatable bonds is 3. The van der Waals surface area contributed by atoms with Crippen molar-refractivity contribution >= 4 is 11.6 Å². The number of aryl methyl sites for hydroxylation is 1. The summed E-state index contributed by atoms with van der Waals surface area (Å²) in [4.78, 5) is 14.3. The van der Waals surface area contributed by atoms with Crippen LogP contribution in [0, 0.1) is 11.3 Å². The van der Waals surface area contributed by atoms with Crippen LogP contribution in [0.25, 0.3) is 0 Å². The topological polar surface area (TPSA) is 56.1 Å². The lowest BCUT2D eigenvalue weighted by Crippen LogP contribution is -2.45. The van der Waals surface area contributed by atoms with Gasteiger partial charge in [-0.1, -0.05) is 18.2 Å². The second-order valence-electron chi connectivity index (χ2n) is 5.08. The molecule has 0 aliphatic carbocycles. The Kier molecular flexibility index (Phi) is 4.18. The second kappa shape index (κ2) is 5.85. The molecule has 100 valence electrons. The normalized spacial score (nSPS) is 20.1.